The Morgan fingerprint density at radius 2 is 1.74 bits per heavy atom. The van der Waals surface area contributed by atoms with Gasteiger partial charge >= 0.3 is 12.4 Å². The van der Waals surface area contributed by atoms with Crippen LogP contribution in [-0.2, 0) is 12.4 Å². The number of halogens is 6. The third-order valence-electron chi connectivity index (χ3n) is 3.52. The summed E-state index contributed by atoms with van der Waals surface area (Å²) in [4.78, 5) is 10.7. The van der Waals surface area contributed by atoms with Crippen molar-refractivity contribution in [1.29, 1.82) is 0 Å². The lowest BCUT2D eigenvalue weighted by Crippen LogP contribution is -2.09. The van der Waals surface area contributed by atoms with E-state index in [0.29, 0.717) is 5.56 Å². The molecule has 0 aliphatic rings. The Morgan fingerprint density at radius 1 is 0.963 bits per heavy atom. The molecular weight excluding hydrogens is 382 g/mol. The SMILES string of the molecule is FC(F)(F)c1ccn2c(-c3cn[nH]c3)c(-c3n[nH]c(C(F)(F)F)n3)nc2n1. The van der Waals surface area contributed by atoms with Gasteiger partial charge in [-0.05, 0) is 6.07 Å². The van der Waals surface area contributed by atoms with Crippen LogP contribution in [0, 0.1) is 0 Å². The Hall–Kier alpha value is -3.45. The minimum atomic E-state index is -4.78. The zero-order valence-corrected chi connectivity index (χ0v) is 12.8. The lowest BCUT2D eigenvalue weighted by atomic mass is 10.2. The molecule has 0 atom stereocenters. The van der Waals surface area contributed by atoms with E-state index in [1.807, 2.05) is 0 Å². The smallest absolute Gasteiger partial charge is 0.285 e. The number of fused-ring (bicyclic) bond motifs is 1. The van der Waals surface area contributed by atoms with Crippen LogP contribution in [-0.4, -0.2) is 39.7 Å². The number of nitrogens with one attached hydrogen (secondary N) is 2. The highest BCUT2D eigenvalue weighted by molar-refractivity contribution is 5.77. The predicted octanol–water partition coefficient (Wildman–Crippen LogP) is 2.94. The van der Waals surface area contributed by atoms with E-state index in [1.165, 1.54) is 16.8 Å². The number of hydrogen-bond acceptors (Lipinski definition) is 5. The summed E-state index contributed by atoms with van der Waals surface area (Å²) in [6.45, 7) is 0. The summed E-state index contributed by atoms with van der Waals surface area (Å²) >= 11 is 0. The van der Waals surface area contributed by atoms with Gasteiger partial charge in [0.15, 0.2) is 0 Å². The maximum atomic E-state index is 12.9. The number of aromatic amines is 2. The molecule has 0 aliphatic carbocycles. The van der Waals surface area contributed by atoms with Crippen molar-refractivity contribution in [3.63, 3.8) is 0 Å². The number of aromatic nitrogens is 8. The van der Waals surface area contributed by atoms with E-state index < -0.39 is 29.7 Å². The zero-order chi connectivity index (χ0) is 19.4. The largest absolute Gasteiger partial charge is 0.451 e. The van der Waals surface area contributed by atoms with Crippen molar-refractivity contribution in [2.24, 2.45) is 0 Å². The van der Waals surface area contributed by atoms with Gasteiger partial charge in [-0.25, -0.2) is 15.0 Å². The van der Waals surface area contributed by atoms with Gasteiger partial charge in [-0.3, -0.25) is 14.6 Å². The molecule has 0 unspecified atom stereocenters. The Kier molecular flexibility index (Phi) is 3.47. The van der Waals surface area contributed by atoms with Gasteiger partial charge < -0.3 is 0 Å². The van der Waals surface area contributed by atoms with Crippen molar-refractivity contribution in [2.75, 3.05) is 0 Å². The van der Waals surface area contributed by atoms with Gasteiger partial charge in [0.2, 0.25) is 17.4 Å². The molecule has 140 valence electrons. The average molecular weight is 388 g/mol. The van der Waals surface area contributed by atoms with E-state index in [1.54, 1.807) is 5.10 Å². The van der Waals surface area contributed by atoms with E-state index in [9.17, 15) is 26.3 Å². The van der Waals surface area contributed by atoms with Gasteiger partial charge in [0.25, 0.3) is 0 Å². The maximum Gasteiger partial charge on any atom is 0.451 e. The average Bonchev–Trinajstić information content (AvgIpc) is 3.30. The highest BCUT2D eigenvalue weighted by Crippen LogP contribution is 2.34. The molecule has 2 N–H and O–H groups in total. The Bertz CT molecular complexity index is 1100. The van der Waals surface area contributed by atoms with Crippen LogP contribution in [0.25, 0.3) is 28.6 Å². The van der Waals surface area contributed by atoms with Crippen LogP contribution in [0.3, 0.4) is 0 Å². The summed E-state index contributed by atoms with van der Waals surface area (Å²) < 4.78 is 78.1. The van der Waals surface area contributed by atoms with Crippen LogP contribution in [0.2, 0.25) is 0 Å². The molecule has 4 aromatic heterocycles. The Labute approximate surface area is 144 Å². The Balaban J connectivity index is 1.96. The fraction of sp³-hybridized carbons (Fsp3) is 0.154. The van der Waals surface area contributed by atoms with Crippen molar-refractivity contribution in [2.45, 2.75) is 12.4 Å². The van der Waals surface area contributed by atoms with Crippen molar-refractivity contribution >= 4 is 5.78 Å². The van der Waals surface area contributed by atoms with Crippen molar-refractivity contribution in [3.8, 4) is 22.8 Å². The molecule has 0 aliphatic heterocycles. The minimum Gasteiger partial charge on any atom is -0.285 e. The second kappa shape index (κ2) is 5.52. The lowest BCUT2D eigenvalue weighted by molar-refractivity contribution is -0.144. The maximum absolute atomic E-state index is 12.9. The first kappa shape index (κ1) is 17.0. The normalized spacial score (nSPS) is 12.8. The van der Waals surface area contributed by atoms with Crippen LogP contribution in [0.15, 0.2) is 24.7 Å². The molecule has 0 bridgehead atoms. The Morgan fingerprint density at radius 3 is 2.33 bits per heavy atom. The molecule has 14 heteroatoms. The third kappa shape index (κ3) is 2.88. The summed E-state index contributed by atoms with van der Waals surface area (Å²) in [5.74, 6) is -2.19. The van der Waals surface area contributed by atoms with Gasteiger partial charge in [-0.2, -0.15) is 36.5 Å². The third-order valence-corrected chi connectivity index (χ3v) is 3.52. The number of imidazole rings is 1. The van der Waals surface area contributed by atoms with Crippen LogP contribution in [0.1, 0.15) is 11.5 Å². The first-order chi connectivity index (χ1) is 12.6. The van der Waals surface area contributed by atoms with Gasteiger partial charge in [0.05, 0.1) is 11.9 Å². The molecule has 4 aromatic rings. The second-order valence-electron chi connectivity index (χ2n) is 5.28. The molecule has 27 heavy (non-hydrogen) atoms. The number of rotatable bonds is 2. The topological polar surface area (TPSA) is 100 Å². The molecule has 0 amide bonds. The molecule has 0 spiro atoms. The van der Waals surface area contributed by atoms with Crippen LogP contribution < -0.4 is 0 Å². The molecule has 0 aromatic carbocycles. The number of hydrogen-bond donors (Lipinski definition) is 2. The van der Waals surface area contributed by atoms with Crippen LogP contribution >= 0.6 is 0 Å². The van der Waals surface area contributed by atoms with E-state index in [0.717, 1.165) is 12.3 Å². The molecule has 0 fully saturated rings. The molecule has 4 rings (SSSR count). The van der Waals surface area contributed by atoms with Crippen molar-refractivity contribution in [1.82, 2.24) is 39.7 Å². The van der Waals surface area contributed by atoms with Crippen molar-refractivity contribution in [3.05, 3.63) is 36.2 Å². The quantitative estimate of drug-likeness (QED) is 0.515. The number of alkyl halides is 6. The standard InChI is InChI=1S/C13H6F6N8/c14-12(15,16)6-1-2-27-8(5-3-20-21-4-5)7(23-11(27)22-6)9-24-10(26-25-9)13(17,18)19/h1-4H,(H,20,21)(H,24,25,26). The van der Waals surface area contributed by atoms with Gasteiger partial charge in [0, 0.05) is 18.0 Å². The first-order valence-electron chi connectivity index (χ1n) is 7.10. The number of H-pyrrole nitrogens is 2. The van der Waals surface area contributed by atoms with Crippen LogP contribution in [0.5, 0.6) is 0 Å². The fourth-order valence-electron chi connectivity index (χ4n) is 2.40. The van der Waals surface area contributed by atoms with E-state index >= 15 is 0 Å². The van der Waals surface area contributed by atoms with Crippen molar-refractivity contribution < 1.29 is 26.3 Å². The van der Waals surface area contributed by atoms with E-state index in [-0.39, 0.29) is 17.2 Å². The molecule has 0 saturated heterocycles. The van der Waals surface area contributed by atoms with E-state index in [2.05, 4.69) is 30.2 Å². The molecule has 4 heterocycles. The monoisotopic (exact) mass is 388 g/mol. The summed E-state index contributed by atoms with van der Waals surface area (Å²) in [6, 6.07) is 0.723. The van der Waals surface area contributed by atoms with Gasteiger partial charge in [-0.15, -0.1) is 0 Å². The highest BCUT2D eigenvalue weighted by Gasteiger charge is 2.37. The lowest BCUT2D eigenvalue weighted by Gasteiger charge is -2.05. The second-order valence-corrected chi connectivity index (χ2v) is 5.28. The molecular formula is C13H6F6N8. The first-order valence-corrected chi connectivity index (χ1v) is 7.10. The summed E-state index contributed by atoms with van der Waals surface area (Å²) in [5.41, 5.74) is -0.906. The van der Waals surface area contributed by atoms with Gasteiger partial charge in [0.1, 0.15) is 11.4 Å². The van der Waals surface area contributed by atoms with Gasteiger partial charge in [-0.1, -0.05) is 0 Å². The zero-order valence-electron chi connectivity index (χ0n) is 12.8. The highest BCUT2D eigenvalue weighted by atomic mass is 19.4. The predicted molar refractivity (Wildman–Crippen MR) is 75.9 cm³/mol. The fourth-order valence-corrected chi connectivity index (χ4v) is 2.40. The summed E-state index contributed by atoms with van der Waals surface area (Å²) in [5, 5.41) is 11.4. The van der Waals surface area contributed by atoms with E-state index in [4.69, 9.17) is 0 Å². The number of nitrogens with zero attached hydrogens (tertiary/aromatic N) is 6. The molecule has 0 saturated carbocycles. The van der Waals surface area contributed by atoms with Crippen LogP contribution in [0.4, 0.5) is 26.3 Å². The molecule has 0 radical (unpaired) electrons. The molecule has 8 nitrogen and oxygen atoms in total. The summed E-state index contributed by atoms with van der Waals surface area (Å²) in [7, 11) is 0. The minimum absolute atomic E-state index is 0.132. The summed E-state index contributed by atoms with van der Waals surface area (Å²) in [6.07, 6.45) is -5.72.